The summed E-state index contributed by atoms with van der Waals surface area (Å²) in [7, 11) is 3.18. The first-order valence-electron chi connectivity index (χ1n) is 10.5. The van der Waals surface area contributed by atoms with E-state index >= 15 is 0 Å². The molecule has 1 fully saturated rings. The van der Waals surface area contributed by atoms with E-state index in [1.165, 1.54) is 6.42 Å². The molecule has 6 heteroatoms. The molecule has 3 rings (SSSR count). The fraction of sp³-hybridized carbons (Fsp3) is 0.417. The average Bonchev–Trinajstić information content (AvgIpc) is 2.78. The lowest BCUT2D eigenvalue weighted by Gasteiger charge is -2.23. The zero-order valence-corrected chi connectivity index (χ0v) is 17.7. The highest BCUT2D eigenvalue weighted by Gasteiger charge is 2.19. The topological polar surface area (TPSA) is 76.7 Å². The zero-order chi connectivity index (χ0) is 21.3. The standard InChI is InChI=1S/C24H30N2O4/c1-29-21-14-12-17(16-22(21)30-2)13-15-23(27)26-20-11-7-6-10-19(20)24(28)25-18-8-4-3-5-9-18/h6-7,10-12,14,16,18H,3-5,8-9,13,15H2,1-2H3,(H,25,28)(H,26,27). The summed E-state index contributed by atoms with van der Waals surface area (Å²) in [6.45, 7) is 0. The third-order valence-corrected chi connectivity index (χ3v) is 5.47. The van der Waals surface area contributed by atoms with Crippen molar-refractivity contribution in [1.82, 2.24) is 5.32 Å². The Balaban J connectivity index is 1.59. The van der Waals surface area contributed by atoms with Crippen LogP contribution in [0.1, 0.15) is 54.4 Å². The van der Waals surface area contributed by atoms with Gasteiger partial charge in [0.1, 0.15) is 0 Å². The van der Waals surface area contributed by atoms with E-state index in [1.54, 1.807) is 26.4 Å². The van der Waals surface area contributed by atoms with Gasteiger partial charge in [0.05, 0.1) is 25.5 Å². The molecule has 1 aliphatic rings. The quantitative estimate of drug-likeness (QED) is 0.679. The highest BCUT2D eigenvalue weighted by atomic mass is 16.5. The van der Waals surface area contributed by atoms with Crippen LogP contribution in [0.3, 0.4) is 0 Å². The smallest absolute Gasteiger partial charge is 0.253 e. The van der Waals surface area contributed by atoms with Crippen molar-refractivity contribution in [2.45, 2.75) is 51.0 Å². The summed E-state index contributed by atoms with van der Waals surface area (Å²) in [5.74, 6) is 1.03. The molecule has 0 aliphatic heterocycles. The minimum Gasteiger partial charge on any atom is -0.493 e. The molecule has 2 aromatic rings. The maximum absolute atomic E-state index is 12.7. The van der Waals surface area contributed by atoms with Crippen LogP contribution in [-0.4, -0.2) is 32.1 Å². The summed E-state index contributed by atoms with van der Waals surface area (Å²) < 4.78 is 10.6. The number of anilines is 1. The lowest BCUT2D eigenvalue weighted by Crippen LogP contribution is -2.36. The Labute approximate surface area is 178 Å². The van der Waals surface area contributed by atoms with Crippen LogP contribution in [0.4, 0.5) is 5.69 Å². The van der Waals surface area contributed by atoms with Gasteiger partial charge in [-0.05, 0) is 49.1 Å². The molecule has 2 amide bonds. The predicted octanol–water partition coefficient (Wildman–Crippen LogP) is 4.34. The number of nitrogens with one attached hydrogen (secondary N) is 2. The molecule has 0 aromatic heterocycles. The number of para-hydroxylation sites is 1. The van der Waals surface area contributed by atoms with E-state index in [0.717, 1.165) is 31.2 Å². The van der Waals surface area contributed by atoms with Crippen molar-refractivity contribution in [3.63, 3.8) is 0 Å². The largest absolute Gasteiger partial charge is 0.493 e. The number of ether oxygens (including phenoxy) is 2. The van der Waals surface area contributed by atoms with Gasteiger partial charge in [-0.3, -0.25) is 9.59 Å². The molecule has 0 radical (unpaired) electrons. The maximum Gasteiger partial charge on any atom is 0.253 e. The molecule has 160 valence electrons. The zero-order valence-electron chi connectivity index (χ0n) is 17.7. The van der Waals surface area contributed by atoms with Crippen LogP contribution in [0.15, 0.2) is 42.5 Å². The van der Waals surface area contributed by atoms with E-state index in [2.05, 4.69) is 10.6 Å². The molecule has 30 heavy (non-hydrogen) atoms. The molecular weight excluding hydrogens is 380 g/mol. The summed E-state index contributed by atoms with van der Waals surface area (Å²) in [6, 6.07) is 13.0. The Bertz CT molecular complexity index is 875. The van der Waals surface area contributed by atoms with E-state index in [0.29, 0.717) is 35.6 Å². The first-order valence-corrected chi connectivity index (χ1v) is 10.5. The number of methoxy groups -OCH3 is 2. The van der Waals surface area contributed by atoms with Gasteiger partial charge in [0.25, 0.3) is 5.91 Å². The molecule has 1 aliphatic carbocycles. The summed E-state index contributed by atoms with van der Waals surface area (Å²) in [5.41, 5.74) is 2.02. The summed E-state index contributed by atoms with van der Waals surface area (Å²) >= 11 is 0. The Morgan fingerprint density at radius 2 is 1.70 bits per heavy atom. The van der Waals surface area contributed by atoms with Crippen LogP contribution in [0.25, 0.3) is 0 Å². The van der Waals surface area contributed by atoms with Crippen LogP contribution in [0.5, 0.6) is 11.5 Å². The molecule has 0 atom stereocenters. The minimum atomic E-state index is -0.136. The van der Waals surface area contributed by atoms with Gasteiger partial charge >= 0.3 is 0 Å². The number of carbonyl (C=O) groups is 2. The van der Waals surface area contributed by atoms with Crippen molar-refractivity contribution >= 4 is 17.5 Å². The summed E-state index contributed by atoms with van der Waals surface area (Å²) in [4.78, 5) is 25.3. The third kappa shape index (κ3) is 5.75. The Morgan fingerprint density at radius 3 is 2.43 bits per heavy atom. The van der Waals surface area contributed by atoms with Crippen molar-refractivity contribution in [3.8, 4) is 11.5 Å². The highest BCUT2D eigenvalue weighted by Crippen LogP contribution is 2.28. The van der Waals surface area contributed by atoms with Gasteiger partial charge in [-0.2, -0.15) is 0 Å². The lowest BCUT2D eigenvalue weighted by atomic mass is 9.95. The van der Waals surface area contributed by atoms with Crippen molar-refractivity contribution in [2.75, 3.05) is 19.5 Å². The molecule has 6 nitrogen and oxygen atoms in total. The Kier molecular flexibility index (Phi) is 7.71. The molecule has 0 spiro atoms. The fourth-order valence-corrected chi connectivity index (χ4v) is 3.81. The molecule has 0 saturated heterocycles. The second-order valence-electron chi connectivity index (χ2n) is 7.59. The van der Waals surface area contributed by atoms with E-state index in [4.69, 9.17) is 9.47 Å². The van der Waals surface area contributed by atoms with E-state index < -0.39 is 0 Å². The van der Waals surface area contributed by atoms with Crippen molar-refractivity contribution in [1.29, 1.82) is 0 Å². The molecule has 0 unspecified atom stereocenters. The van der Waals surface area contributed by atoms with E-state index in [9.17, 15) is 9.59 Å². The second kappa shape index (κ2) is 10.7. The second-order valence-corrected chi connectivity index (χ2v) is 7.59. The third-order valence-electron chi connectivity index (χ3n) is 5.47. The fourth-order valence-electron chi connectivity index (χ4n) is 3.81. The Morgan fingerprint density at radius 1 is 0.967 bits per heavy atom. The SMILES string of the molecule is COc1ccc(CCC(=O)Nc2ccccc2C(=O)NC2CCCCC2)cc1OC. The highest BCUT2D eigenvalue weighted by molar-refractivity contribution is 6.03. The molecule has 2 N–H and O–H groups in total. The van der Waals surface area contributed by atoms with Gasteiger partial charge in [-0.1, -0.05) is 37.5 Å². The first kappa shape index (κ1) is 21.7. The van der Waals surface area contributed by atoms with Crippen molar-refractivity contribution in [2.24, 2.45) is 0 Å². The number of benzene rings is 2. The van der Waals surface area contributed by atoms with Gasteiger partial charge in [0.2, 0.25) is 5.91 Å². The number of aryl methyl sites for hydroxylation is 1. The van der Waals surface area contributed by atoms with Gasteiger partial charge in [0, 0.05) is 12.5 Å². The number of amides is 2. The van der Waals surface area contributed by atoms with Crippen LogP contribution < -0.4 is 20.1 Å². The van der Waals surface area contributed by atoms with Gasteiger partial charge < -0.3 is 20.1 Å². The van der Waals surface area contributed by atoms with Gasteiger partial charge in [-0.15, -0.1) is 0 Å². The van der Waals surface area contributed by atoms with Crippen LogP contribution in [0.2, 0.25) is 0 Å². The molecule has 0 heterocycles. The molecule has 2 aromatic carbocycles. The summed E-state index contributed by atoms with van der Waals surface area (Å²) in [5, 5.41) is 6.01. The molecule has 1 saturated carbocycles. The average molecular weight is 411 g/mol. The number of hydrogen-bond acceptors (Lipinski definition) is 4. The maximum atomic E-state index is 12.7. The van der Waals surface area contributed by atoms with Crippen LogP contribution >= 0.6 is 0 Å². The molecular formula is C24H30N2O4. The first-order chi connectivity index (χ1) is 14.6. The number of rotatable bonds is 8. The van der Waals surface area contributed by atoms with Gasteiger partial charge in [0.15, 0.2) is 11.5 Å². The van der Waals surface area contributed by atoms with Crippen molar-refractivity contribution in [3.05, 3.63) is 53.6 Å². The minimum absolute atomic E-state index is 0.127. The number of hydrogen-bond donors (Lipinski definition) is 2. The Hall–Kier alpha value is -3.02. The van der Waals surface area contributed by atoms with Crippen LogP contribution in [0, 0.1) is 0 Å². The number of carbonyl (C=O) groups excluding carboxylic acids is 2. The lowest BCUT2D eigenvalue weighted by molar-refractivity contribution is -0.116. The van der Waals surface area contributed by atoms with Crippen molar-refractivity contribution < 1.29 is 19.1 Å². The summed E-state index contributed by atoms with van der Waals surface area (Å²) in [6.07, 6.45) is 6.44. The monoisotopic (exact) mass is 410 g/mol. The van der Waals surface area contributed by atoms with Gasteiger partial charge in [-0.25, -0.2) is 0 Å². The van der Waals surface area contributed by atoms with E-state index in [-0.39, 0.29) is 17.9 Å². The normalized spacial score (nSPS) is 14.1. The van der Waals surface area contributed by atoms with Crippen LogP contribution in [-0.2, 0) is 11.2 Å². The predicted molar refractivity (Wildman–Crippen MR) is 117 cm³/mol. The molecule has 0 bridgehead atoms. The van der Waals surface area contributed by atoms with E-state index in [1.807, 2.05) is 30.3 Å².